The Morgan fingerprint density at radius 1 is 1.05 bits per heavy atom. The third kappa shape index (κ3) is 3.01. The molecule has 0 heterocycles. The van der Waals surface area contributed by atoms with Crippen molar-refractivity contribution >= 4 is 5.69 Å². The topological polar surface area (TPSA) is 59.0 Å². The Hall–Kier alpha value is -2.68. The van der Waals surface area contributed by atoms with Gasteiger partial charge in [0.15, 0.2) is 0 Å². The summed E-state index contributed by atoms with van der Waals surface area (Å²) in [4.78, 5) is 0. The fourth-order valence-electron chi connectivity index (χ4n) is 1.58. The van der Waals surface area contributed by atoms with Gasteiger partial charge in [0.05, 0.1) is 11.6 Å². The maximum Gasteiger partial charge on any atom is 0.420 e. The molecule has 0 aromatic heterocycles. The van der Waals surface area contributed by atoms with Crippen molar-refractivity contribution in [3.63, 3.8) is 0 Å². The summed E-state index contributed by atoms with van der Waals surface area (Å²) < 4.78 is 43.8. The van der Waals surface area contributed by atoms with Crippen LogP contribution in [0.3, 0.4) is 0 Å². The van der Waals surface area contributed by atoms with Gasteiger partial charge in [0.1, 0.15) is 17.1 Å². The van der Waals surface area contributed by atoms with Crippen LogP contribution < -0.4 is 10.5 Å². The average Bonchev–Trinajstić information content (AvgIpc) is 2.40. The Balaban J connectivity index is 2.35. The molecule has 0 spiro atoms. The smallest absolute Gasteiger partial charge is 0.420 e. The van der Waals surface area contributed by atoms with E-state index < -0.39 is 11.7 Å². The van der Waals surface area contributed by atoms with Gasteiger partial charge < -0.3 is 10.5 Å². The van der Waals surface area contributed by atoms with E-state index in [1.807, 2.05) is 6.07 Å². The molecule has 3 nitrogen and oxygen atoms in total. The largest absolute Gasteiger partial charge is 0.457 e. The molecule has 0 amide bonds. The van der Waals surface area contributed by atoms with Crippen molar-refractivity contribution in [2.75, 3.05) is 5.73 Å². The fourth-order valence-corrected chi connectivity index (χ4v) is 1.58. The van der Waals surface area contributed by atoms with E-state index in [2.05, 4.69) is 0 Å². The molecule has 102 valence electrons. The van der Waals surface area contributed by atoms with Crippen LogP contribution in [0.4, 0.5) is 18.9 Å². The van der Waals surface area contributed by atoms with E-state index in [9.17, 15) is 13.2 Å². The highest BCUT2D eigenvalue weighted by Gasteiger charge is 2.34. The predicted molar refractivity (Wildman–Crippen MR) is 67.1 cm³/mol. The molecule has 0 saturated heterocycles. The monoisotopic (exact) mass is 278 g/mol. The Kier molecular flexibility index (Phi) is 3.53. The van der Waals surface area contributed by atoms with E-state index in [0.717, 1.165) is 12.1 Å². The third-order valence-electron chi connectivity index (χ3n) is 2.52. The van der Waals surface area contributed by atoms with Crippen LogP contribution >= 0.6 is 0 Å². The van der Waals surface area contributed by atoms with Crippen LogP contribution in [0.25, 0.3) is 0 Å². The molecule has 2 aromatic rings. The molecular weight excluding hydrogens is 269 g/mol. The van der Waals surface area contributed by atoms with Crippen molar-refractivity contribution in [1.82, 2.24) is 0 Å². The number of alkyl halides is 3. The summed E-state index contributed by atoms with van der Waals surface area (Å²) in [5.41, 5.74) is 4.82. The number of hydrogen-bond donors (Lipinski definition) is 1. The third-order valence-corrected chi connectivity index (χ3v) is 2.52. The number of nitriles is 1. The van der Waals surface area contributed by atoms with E-state index >= 15 is 0 Å². The van der Waals surface area contributed by atoms with Crippen LogP contribution in [0.2, 0.25) is 0 Å². The predicted octanol–water partition coefficient (Wildman–Crippen LogP) is 3.95. The van der Waals surface area contributed by atoms with Crippen LogP contribution in [0.1, 0.15) is 11.1 Å². The number of nitrogens with two attached hydrogens (primary N) is 1. The molecule has 6 heteroatoms. The molecule has 0 saturated carbocycles. The van der Waals surface area contributed by atoms with Crippen molar-refractivity contribution in [1.29, 1.82) is 5.26 Å². The summed E-state index contributed by atoms with van der Waals surface area (Å²) in [6.07, 6.45) is -4.56. The molecule has 0 radical (unpaired) electrons. The second kappa shape index (κ2) is 5.13. The zero-order chi connectivity index (χ0) is 14.8. The van der Waals surface area contributed by atoms with Crippen LogP contribution in [0.15, 0.2) is 42.5 Å². The lowest BCUT2D eigenvalue weighted by Gasteiger charge is -2.14. The minimum Gasteiger partial charge on any atom is -0.457 e. The summed E-state index contributed by atoms with van der Waals surface area (Å²) in [7, 11) is 0. The lowest BCUT2D eigenvalue weighted by molar-refractivity contribution is -0.138. The Morgan fingerprint density at radius 2 is 1.70 bits per heavy atom. The fraction of sp³-hybridized carbons (Fsp3) is 0.0714. The van der Waals surface area contributed by atoms with Gasteiger partial charge in [-0.25, -0.2) is 0 Å². The minimum atomic E-state index is -4.56. The molecule has 0 aliphatic rings. The number of halogens is 3. The van der Waals surface area contributed by atoms with Gasteiger partial charge in [0, 0.05) is 5.69 Å². The molecule has 0 aliphatic carbocycles. The van der Waals surface area contributed by atoms with Gasteiger partial charge in [-0.15, -0.1) is 0 Å². The first-order valence-corrected chi connectivity index (χ1v) is 5.55. The number of anilines is 1. The lowest BCUT2D eigenvalue weighted by Crippen LogP contribution is -2.08. The normalized spacial score (nSPS) is 10.9. The minimum absolute atomic E-state index is 0.00417. The van der Waals surface area contributed by atoms with Gasteiger partial charge >= 0.3 is 6.18 Å². The van der Waals surface area contributed by atoms with Gasteiger partial charge in [-0.05, 0) is 42.5 Å². The van der Waals surface area contributed by atoms with E-state index in [4.69, 9.17) is 15.7 Å². The highest BCUT2D eigenvalue weighted by atomic mass is 19.4. The zero-order valence-electron chi connectivity index (χ0n) is 10.1. The molecule has 2 aromatic carbocycles. The van der Waals surface area contributed by atoms with Gasteiger partial charge in [-0.2, -0.15) is 18.4 Å². The van der Waals surface area contributed by atoms with Crippen molar-refractivity contribution in [3.05, 3.63) is 53.6 Å². The zero-order valence-corrected chi connectivity index (χ0v) is 10.1. The van der Waals surface area contributed by atoms with Crippen molar-refractivity contribution in [3.8, 4) is 17.6 Å². The second-order valence-electron chi connectivity index (χ2n) is 3.99. The Morgan fingerprint density at radius 3 is 2.25 bits per heavy atom. The molecule has 20 heavy (non-hydrogen) atoms. The van der Waals surface area contributed by atoms with E-state index in [0.29, 0.717) is 5.56 Å². The summed E-state index contributed by atoms with van der Waals surface area (Å²) in [6.45, 7) is 0. The maximum atomic E-state index is 12.9. The number of rotatable bonds is 2. The molecule has 2 rings (SSSR count). The molecule has 0 bridgehead atoms. The first-order chi connectivity index (χ1) is 9.40. The van der Waals surface area contributed by atoms with Gasteiger partial charge in [0.25, 0.3) is 0 Å². The number of nitrogen functional groups attached to an aromatic ring is 1. The summed E-state index contributed by atoms with van der Waals surface area (Å²) in [5.74, 6) is -0.129. The van der Waals surface area contributed by atoms with E-state index in [-0.39, 0.29) is 17.2 Å². The molecule has 2 N–H and O–H groups in total. The van der Waals surface area contributed by atoms with Gasteiger partial charge in [-0.3, -0.25) is 0 Å². The van der Waals surface area contributed by atoms with Crippen LogP contribution in [-0.4, -0.2) is 0 Å². The number of benzene rings is 2. The standard InChI is InChI=1S/C14H9F3N2O/c15-14(16,17)12-7-10(19)3-6-13(12)20-11-4-1-9(8-18)2-5-11/h1-7H,19H2. The summed E-state index contributed by atoms with van der Waals surface area (Å²) in [6, 6.07) is 11.0. The number of hydrogen-bond acceptors (Lipinski definition) is 3. The highest BCUT2D eigenvalue weighted by Crippen LogP contribution is 2.39. The van der Waals surface area contributed by atoms with Gasteiger partial charge in [-0.1, -0.05) is 0 Å². The molecule has 0 unspecified atom stereocenters. The number of nitrogens with zero attached hydrogens (tertiary/aromatic N) is 1. The molecule has 0 aliphatic heterocycles. The quantitative estimate of drug-likeness (QED) is 0.846. The Labute approximate surface area is 113 Å². The first-order valence-electron chi connectivity index (χ1n) is 5.55. The van der Waals surface area contributed by atoms with Crippen molar-refractivity contribution < 1.29 is 17.9 Å². The maximum absolute atomic E-state index is 12.9. The Bertz CT molecular complexity index is 658. The van der Waals surface area contributed by atoms with Crippen LogP contribution in [0.5, 0.6) is 11.5 Å². The highest BCUT2D eigenvalue weighted by molar-refractivity contribution is 5.50. The van der Waals surface area contributed by atoms with E-state index in [1.54, 1.807) is 0 Å². The van der Waals surface area contributed by atoms with Gasteiger partial charge in [0.2, 0.25) is 0 Å². The number of ether oxygens (including phenoxy) is 1. The summed E-state index contributed by atoms with van der Waals surface area (Å²) in [5, 5.41) is 8.65. The van der Waals surface area contributed by atoms with Crippen LogP contribution in [0, 0.1) is 11.3 Å². The summed E-state index contributed by atoms with van der Waals surface area (Å²) >= 11 is 0. The SMILES string of the molecule is N#Cc1ccc(Oc2ccc(N)cc2C(F)(F)F)cc1. The van der Waals surface area contributed by atoms with E-state index in [1.165, 1.54) is 30.3 Å². The van der Waals surface area contributed by atoms with Crippen molar-refractivity contribution in [2.45, 2.75) is 6.18 Å². The first kappa shape index (κ1) is 13.7. The average molecular weight is 278 g/mol. The van der Waals surface area contributed by atoms with Crippen LogP contribution in [-0.2, 0) is 6.18 Å². The molecule has 0 fully saturated rings. The molecular formula is C14H9F3N2O. The second-order valence-corrected chi connectivity index (χ2v) is 3.99. The molecule has 0 atom stereocenters. The van der Waals surface area contributed by atoms with Crippen molar-refractivity contribution in [2.24, 2.45) is 0 Å². The lowest BCUT2D eigenvalue weighted by atomic mass is 10.1.